The summed E-state index contributed by atoms with van der Waals surface area (Å²) in [7, 11) is 1.78. The van der Waals surface area contributed by atoms with Crippen LogP contribution in [-0.2, 0) is 13.0 Å². The maximum absolute atomic E-state index is 5.97. The highest BCUT2D eigenvalue weighted by atomic mass is 32.1. The molecule has 6 nitrogen and oxygen atoms in total. The van der Waals surface area contributed by atoms with E-state index < -0.39 is 0 Å². The summed E-state index contributed by atoms with van der Waals surface area (Å²) in [6, 6.07) is 4.01. The predicted octanol–water partition coefficient (Wildman–Crippen LogP) is 3.08. The molecule has 2 N–H and O–H groups in total. The number of thiazole rings is 1. The molecular formula is C19H27N5OS. The Morgan fingerprint density at radius 3 is 2.88 bits per heavy atom. The Hall–Kier alpha value is -2.15. The van der Waals surface area contributed by atoms with Gasteiger partial charge in [0.05, 0.1) is 5.01 Å². The molecule has 0 spiro atoms. The van der Waals surface area contributed by atoms with Gasteiger partial charge in [0, 0.05) is 49.9 Å². The van der Waals surface area contributed by atoms with Crippen molar-refractivity contribution in [3.63, 3.8) is 0 Å². The van der Waals surface area contributed by atoms with Crippen molar-refractivity contribution in [2.75, 3.05) is 13.6 Å². The molecule has 7 heteroatoms. The number of rotatable bonds is 7. The first-order chi connectivity index (χ1) is 12.7. The van der Waals surface area contributed by atoms with Crippen molar-refractivity contribution >= 4 is 17.3 Å². The number of aryl methyl sites for hydroxylation is 1. The van der Waals surface area contributed by atoms with Gasteiger partial charge in [-0.05, 0) is 44.2 Å². The summed E-state index contributed by atoms with van der Waals surface area (Å²) in [5.41, 5.74) is 1.13. The molecule has 0 aliphatic heterocycles. The molecule has 2 aromatic rings. The number of guanidine groups is 1. The number of ether oxygens (including phenoxy) is 1. The Balaban J connectivity index is 1.44. The van der Waals surface area contributed by atoms with Crippen LogP contribution in [0, 0.1) is 6.92 Å². The Morgan fingerprint density at radius 2 is 2.15 bits per heavy atom. The van der Waals surface area contributed by atoms with Crippen molar-refractivity contribution < 1.29 is 4.74 Å². The third-order valence-electron chi connectivity index (χ3n) is 4.37. The summed E-state index contributed by atoms with van der Waals surface area (Å²) < 4.78 is 5.97. The summed E-state index contributed by atoms with van der Waals surface area (Å²) in [5, 5.41) is 7.81. The lowest BCUT2D eigenvalue weighted by molar-refractivity contribution is 0.201. The molecule has 0 saturated heterocycles. The number of hydrogen-bond acceptors (Lipinski definition) is 5. The fourth-order valence-electron chi connectivity index (χ4n) is 3.01. The van der Waals surface area contributed by atoms with Gasteiger partial charge in [-0.1, -0.05) is 0 Å². The van der Waals surface area contributed by atoms with Crippen molar-refractivity contribution in [3.8, 4) is 5.88 Å². The van der Waals surface area contributed by atoms with Gasteiger partial charge in [-0.15, -0.1) is 11.3 Å². The van der Waals surface area contributed by atoms with Crippen molar-refractivity contribution in [2.24, 2.45) is 4.99 Å². The van der Waals surface area contributed by atoms with Crippen molar-refractivity contribution in [2.45, 2.75) is 51.7 Å². The first-order valence-electron chi connectivity index (χ1n) is 9.20. The maximum atomic E-state index is 5.97. The third kappa shape index (κ3) is 5.69. The quantitative estimate of drug-likeness (QED) is 0.576. The molecule has 3 rings (SSSR count). The van der Waals surface area contributed by atoms with E-state index >= 15 is 0 Å². The van der Waals surface area contributed by atoms with Crippen LogP contribution in [0.25, 0.3) is 0 Å². The Labute approximate surface area is 159 Å². The van der Waals surface area contributed by atoms with E-state index in [-0.39, 0.29) is 0 Å². The number of aromatic nitrogens is 2. The molecule has 0 unspecified atom stereocenters. The van der Waals surface area contributed by atoms with Crippen LogP contribution in [0.2, 0.25) is 0 Å². The molecule has 2 aromatic heterocycles. The lowest BCUT2D eigenvalue weighted by Gasteiger charge is -2.14. The maximum Gasteiger partial charge on any atom is 0.213 e. The number of nitrogens with zero attached hydrogens (tertiary/aromatic N) is 3. The number of nitrogens with one attached hydrogen (secondary N) is 2. The van der Waals surface area contributed by atoms with E-state index in [4.69, 9.17) is 4.74 Å². The average molecular weight is 374 g/mol. The van der Waals surface area contributed by atoms with E-state index in [9.17, 15) is 0 Å². The zero-order valence-corrected chi connectivity index (χ0v) is 16.3. The van der Waals surface area contributed by atoms with Crippen molar-refractivity contribution in [1.82, 2.24) is 20.6 Å². The molecule has 1 aliphatic rings. The lowest BCUT2D eigenvalue weighted by atomic mass is 10.2. The van der Waals surface area contributed by atoms with Crippen LogP contribution >= 0.6 is 11.3 Å². The van der Waals surface area contributed by atoms with Gasteiger partial charge < -0.3 is 15.4 Å². The van der Waals surface area contributed by atoms with E-state index in [2.05, 4.69) is 32.5 Å². The average Bonchev–Trinajstić information content (AvgIpc) is 3.30. The van der Waals surface area contributed by atoms with Gasteiger partial charge in [-0.3, -0.25) is 4.99 Å². The van der Waals surface area contributed by atoms with E-state index in [1.165, 1.54) is 17.7 Å². The molecule has 0 amide bonds. The molecule has 1 aliphatic carbocycles. The lowest BCUT2D eigenvalue weighted by Crippen LogP contribution is -2.37. The summed E-state index contributed by atoms with van der Waals surface area (Å²) >= 11 is 1.74. The molecule has 0 atom stereocenters. The monoisotopic (exact) mass is 373 g/mol. The van der Waals surface area contributed by atoms with E-state index in [0.29, 0.717) is 12.6 Å². The fourth-order valence-corrected chi connectivity index (χ4v) is 3.80. The summed E-state index contributed by atoms with van der Waals surface area (Å²) in [6.45, 7) is 3.56. The second kappa shape index (κ2) is 9.52. The van der Waals surface area contributed by atoms with Crippen LogP contribution in [0.15, 0.2) is 29.5 Å². The highest BCUT2D eigenvalue weighted by Gasteiger charge is 2.17. The number of pyridine rings is 1. The Morgan fingerprint density at radius 1 is 1.31 bits per heavy atom. The Kier molecular flexibility index (Phi) is 6.82. The van der Waals surface area contributed by atoms with E-state index in [1.807, 2.05) is 24.5 Å². The minimum absolute atomic E-state index is 0.328. The fraction of sp³-hybridized carbons (Fsp3) is 0.526. The molecule has 1 fully saturated rings. The zero-order chi connectivity index (χ0) is 18.2. The summed E-state index contributed by atoms with van der Waals surface area (Å²) in [6.07, 6.45) is 9.74. The topological polar surface area (TPSA) is 71.4 Å². The smallest absolute Gasteiger partial charge is 0.213 e. The van der Waals surface area contributed by atoms with Gasteiger partial charge in [0.15, 0.2) is 5.96 Å². The van der Waals surface area contributed by atoms with Crippen LogP contribution in [0.4, 0.5) is 0 Å². The normalized spacial score (nSPS) is 15.2. The number of hydrogen-bond donors (Lipinski definition) is 2. The van der Waals surface area contributed by atoms with Crippen LogP contribution in [0.5, 0.6) is 5.88 Å². The molecule has 2 heterocycles. The molecular weight excluding hydrogens is 346 g/mol. The van der Waals surface area contributed by atoms with Gasteiger partial charge in [0.1, 0.15) is 6.10 Å². The minimum atomic E-state index is 0.328. The van der Waals surface area contributed by atoms with Gasteiger partial charge in [-0.25, -0.2) is 9.97 Å². The predicted molar refractivity (Wildman–Crippen MR) is 106 cm³/mol. The molecule has 1 saturated carbocycles. The number of aliphatic imine (C=N–C) groups is 1. The largest absolute Gasteiger partial charge is 0.474 e. The second-order valence-electron chi connectivity index (χ2n) is 6.49. The molecule has 140 valence electrons. The molecule has 26 heavy (non-hydrogen) atoms. The van der Waals surface area contributed by atoms with Gasteiger partial charge in [-0.2, -0.15) is 0 Å². The van der Waals surface area contributed by atoms with Crippen molar-refractivity contribution in [1.29, 1.82) is 0 Å². The summed E-state index contributed by atoms with van der Waals surface area (Å²) in [5.74, 6) is 1.51. The standard InChI is InChI=1S/C19H27N5OS/c1-14-12-23-18(26-14)8-10-22-19(20-2)24-13-15-7-9-21-17(11-15)25-16-5-3-4-6-16/h7,9,11-12,16H,3-6,8,10,13H2,1-2H3,(H2,20,22,24). The first kappa shape index (κ1) is 18.6. The minimum Gasteiger partial charge on any atom is -0.474 e. The van der Waals surface area contributed by atoms with Gasteiger partial charge in [0.2, 0.25) is 5.88 Å². The van der Waals surface area contributed by atoms with Crippen LogP contribution in [0.3, 0.4) is 0 Å². The third-order valence-corrected chi connectivity index (χ3v) is 5.35. The highest BCUT2D eigenvalue weighted by molar-refractivity contribution is 7.11. The van der Waals surface area contributed by atoms with E-state index in [0.717, 1.165) is 48.2 Å². The molecule has 0 aromatic carbocycles. The Bertz CT molecular complexity index is 724. The van der Waals surface area contributed by atoms with Crippen LogP contribution in [-0.4, -0.2) is 35.6 Å². The molecule has 0 bridgehead atoms. The SMILES string of the molecule is CN=C(NCCc1ncc(C)s1)NCc1ccnc(OC2CCCC2)c1. The summed E-state index contributed by atoms with van der Waals surface area (Å²) in [4.78, 5) is 14.2. The zero-order valence-electron chi connectivity index (χ0n) is 15.5. The van der Waals surface area contributed by atoms with Gasteiger partial charge in [0.25, 0.3) is 0 Å². The van der Waals surface area contributed by atoms with E-state index in [1.54, 1.807) is 18.4 Å². The second-order valence-corrected chi connectivity index (χ2v) is 7.81. The van der Waals surface area contributed by atoms with Gasteiger partial charge >= 0.3 is 0 Å². The highest BCUT2D eigenvalue weighted by Crippen LogP contribution is 2.23. The molecule has 0 radical (unpaired) electrons. The van der Waals surface area contributed by atoms with Crippen molar-refractivity contribution in [3.05, 3.63) is 40.0 Å². The first-order valence-corrected chi connectivity index (χ1v) is 10.0. The van der Waals surface area contributed by atoms with Crippen LogP contribution < -0.4 is 15.4 Å². The van der Waals surface area contributed by atoms with Crippen LogP contribution in [0.1, 0.15) is 41.1 Å².